The normalized spacial score (nSPS) is 9.89. The Hall–Kier alpha value is -1.69. The fourth-order valence-corrected chi connectivity index (χ4v) is 2.10. The third-order valence-electron chi connectivity index (χ3n) is 2.19. The number of hydrogen-bond donors (Lipinski definition) is 2. The van der Waals surface area contributed by atoms with Gasteiger partial charge in [0.1, 0.15) is 0 Å². The van der Waals surface area contributed by atoms with Crippen molar-refractivity contribution in [1.82, 2.24) is 5.32 Å². The highest BCUT2D eigenvalue weighted by Crippen LogP contribution is 2.26. The van der Waals surface area contributed by atoms with E-state index >= 15 is 0 Å². The third kappa shape index (κ3) is 3.96. The van der Waals surface area contributed by atoms with Crippen LogP contribution in [-0.2, 0) is 9.53 Å². The van der Waals surface area contributed by atoms with E-state index in [9.17, 15) is 9.59 Å². The van der Waals surface area contributed by atoms with Gasteiger partial charge in [0, 0.05) is 22.7 Å². The quantitative estimate of drug-likeness (QED) is 0.477. The number of esters is 1. The first-order valence-electron chi connectivity index (χ1n) is 5.45. The number of nitrogens with one attached hydrogen (secondary N) is 1. The first kappa shape index (κ1) is 14.4. The summed E-state index contributed by atoms with van der Waals surface area (Å²) in [6.07, 6.45) is 0. The minimum absolute atomic E-state index is 0.155. The Balaban J connectivity index is 2.81. The summed E-state index contributed by atoms with van der Waals surface area (Å²) in [7, 11) is 1.33. The van der Waals surface area contributed by atoms with Crippen LogP contribution >= 0.6 is 11.8 Å². The first-order chi connectivity index (χ1) is 8.58. The van der Waals surface area contributed by atoms with E-state index in [4.69, 9.17) is 5.73 Å². The third-order valence-corrected chi connectivity index (χ3v) is 3.23. The summed E-state index contributed by atoms with van der Waals surface area (Å²) in [6.45, 7) is 2.41. The number of benzene rings is 1. The van der Waals surface area contributed by atoms with Gasteiger partial charge < -0.3 is 15.8 Å². The molecule has 6 heteroatoms. The van der Waals surface area contributed by atoms with Crippen molar-refractivity contribution in [3.63, 3.8) is 0 Å². The lowest BCUT2D eigenvalue weighted by molar-refractivity contribution is -0.137. The van der Waals surface area contributed by atoms with E-state index in [-0.39, 0.29) is 17.6 Å². The van der Waals surface area contributed by atoms with Crippen molar-refractivity contribution < 1.29 is 14.3 Å². The molecule has 3 N–H and O–H groups in total. The molecule has 5 nitrogen and oxygen atoms in total. The van der Waals surface area contributed by atoms with Gasteiger partial charge in [0.05, 0.1) is 12.9 Å². The van der Waals surface area contributed by atoms with Crippen molar-refractivity contribution in [2.75, 3.05) is 25.1 Å². The van der Waals surface area contributed by atoms with Crippen LogP contribution in [0.4, 0.5) is 5.69 Å². The Morgan fingerprint density at radius 2 is 2.17 bits per heavy atom. The maximum Gasteiger partial charge on any atom is 0.315 e. The summed E-state index contributed by atoms with van der Waals surface area (Å²) in [4.78, 5) is 23.4. The van der Waals surface area contributed by atoms with Gasteiger partial charge in [-0.2, -0.15) is 0 Å². The van der Waals surface area contributed by atoms with E-state index in [1.54, 1.807) is 18.2 Å². The van der Waals surface area contributed by atoms with Crippen LogP contribution in [0.5, 0.6) is 0 Å². The van der Waals surface area contributed by atoms with Crippen LogP contribution in [0, 0.1) is 0 Å². The van der Waals surface area contributed by atoms with Crippen LogP contribution in [0.15, 0.2) is 23.1 Å². The van der Waals surface area contributed by atoms with Crippen LogP contribution in [0.2, 0.25) is 0 Å². The molecule has 0 heterocycles. The van der Waals surface area contributed by atoms with E-state index in [0.717, 1.165) is 0 Å². The van der Waals surface area contributed by atoms with Gasteiger partial charge in [-0.3, -0.25) is 9.59 Å². The predicted molar refractivity (Wildman–Crippen MR) is 71.6 cm³/mol. The predicted octanol–water partition coefficient (Wildman–Crippen LogP) is 1.28. The zero-order chi connectivity index (χ0) is 13.5. The Morgan fingerprint density at radius 3 is 2.78 bits per heavy atom. The number of rotatable bonds is 5. The summed E-state index contributed by atoms with van der Waals surface area (Å²) in [5.41, 5.74) is 6.85. The lowest BCUT2D eigenvalue weighted by Crippen LogP contribution is -2.22. The number of methoxy groups -OCH3 is 1. The molecule has 18 heavy (non-hydrogen) atoms. The number of anilines is 1. The van der Waals surface area contributed by atoms with Crippen molar-refractivity contribution in [1.29, 1.82) is 0 Å². The number of nitrogen functional groups attached to an aromatic ring is 1. The number of carbonyl (C=O) groups is 2. The van der Waals surface area contributed by atoms with Crippen molar-refractivity contribution in [3.05, 3.63) is 23.8 Å². The summed E-state index contributed by atoms with van der Waals surface area (Å²) < 4.78 is 4.55. The molecular formula is C12H16N2O3S. The monoisotopic (exact) mass is 268 g/mol. The molecule has 0 aliphatic heterocycles. The molecule has 0 aromatic heterocycles. The Bertz CT molecular complexity index is 449. The van der Waals surface area contributed by atoms with E-state index < -0.39 is 0 Å². The van der Waals surface area contributed by atoms with Gasteiger partial charge in [-0.1, -0.05) is 0 Å². The highest BCUT2D eigenvalue weighted by atomic mass is 32.2. The van der Waals surface area contributed by atoms with Crippen LogP contribution in [-0.4, -0.2) is 31.3 Å². The highest BCUT2D eigenvalue weighted by molar-refractivity contribution is 8.00. The van der Waals surface area contributed by atoms with E-state index in [0.29, 0.717) is 22.7 Å². The van der Waals surface area contributed by atoms with Gasteiger partial charge in [0.15, 0.2) is 0 Å². The average molecular weight is 268 g/mol. The van der Waals surface area contributed by atoms with Crippen LogP contribution in [0.1, 0.15) is 17.3 Å². The fraction of sp³-hybridized carbons (Fsp3) is 0.333. The SMILES string of the molecule is CCNC(=O)c1ccc(N)c(SCC(=O)OC)c1. The number of ether oxygens (including phenoxy) is 1. The summed E-state index contributed by atoms with van der Waals surface area (Å²) in [6, 6.07) is 4.99. The van der Waals surface area contributed by atoms with Crippen molar-refractivity contribution >= 4 is 29.3 Å². The second-order valence-corrected chi connectivity index (χ2v) is 4.49. The minimum Gasteiger partial charge on any atom is -0.468 e. The van der Waals surface area contributed by atoms with Crippen molar-refractivity contribution in [2.45, 2.75) is 11.8 Å². The van der Waals surface area contributed by atoms with Crippen molar-refractivity contribution in [3.8, 4) is 0 Å². The number of carbonyl (C=O) groups excluding carboxylic acids is 2. The van der Waals surface area contributed by atoms with Gasteiger partial charge in [0.2, 0.25) is 0 Å². The van der Waals surface area contributed by atoms with Crippen LogP contribution < -0.4 is 11.1 Å². The molecule has 0 saturated carbocycles. The number of amides is 1. The molecule has 0 unspecified atom stereocenters. The van der Waals surface area contributed by atoms with Gasteiger partial charge in [0.25, 0.3) is 5.91 Å². The molecule has 1 rings (SSSR count). The number of hydrogen-bond acceptors (Lipinski definition) is 5. The molecule has 1 aromatic carbocycles. The highest BCUT2D eigenvalue weighted by Gasteiger charge is 2.09. The second-order valence-electron chi connectivity index (χ2n) is 3.48. The van der Waals surface area contributed by atoms with Crippen molar-refractivity contribution in [2.24, 2.45) is 0 Å². The zero-order valence-corrected chi connectivity index (χ0v) is 11.2. The number of thioether (sulfide) groups is 1. The Morgan fingerprint density at radius 1 is 1.44 bits per heavy atom. The summed E-state index contributed by atoms with van der Waals surface area (Å²) >= 11 is 1.25. The molecule has 0 aliphatic carbocycles. The van der Waals surface area contributed by atoms with Gasteiger partial charge in [-0.15, -0.1) is 11.8 Å². The first-order valence-corrected chi connectivity index (χ1v) is 6.44. The fourth-order valence-electron chi connectivity index (χ4n) is 1.26. The summed E-state index contributed by atoms with van der Waals surface area (Å²) in [5.74, 6) is -0.320. The summed E-state index contributed by atoms with van der Waals surface area (Å²) in [5, 5.41) is 2.70. The van der Waals surface area contributed by atoms with Gasteiger partial charge in [-0.25, -0.2) is 0 Å². The molecule has 1 aromatic rings. The van der Waals surface area contributed by atoms with E-state index in [1.165, 1.54) is 18.9 Å². The molecule has 0 spiro atoms. The molecule has 1 amide bonds. The van der Waals surface area contributed by atoms with E-state index in [2.05, 4.69) is 10.1 Å². The Kier molecular flexibility index (Phi) is 5.51. The molecule has 0 aliphatic rings. The van der Waals surface area contributed by atoms with Crippen LogP contribution in [0.25, 0.3) is 0 Å². The zero-order valence-electron chi connectivity index (χ0n) is 10.4. The maximum absolute atomic E-state index is 11.6. The molecule has 0 fully saturated rings. The van der Waals surface area contributed by atoms with Crippen LogP contribution in [0.3, 0.4) is 0 Å². The maximum atomic E-state index is 11.6. The topological polar surface area (TPSA) is 81.4 Å². The molecule has 0 atom stereocenters. The van der Waals surface area contributed by atoms with Gasteiger partial charge >= 0.3 is 5.97 Å². The number of nitrogens with two attached hydrogens (primary N) is 1. The lowest BCUT2D eigenvalue weighted by Gasteiger charge is -2.08. The molecular weight excluding hydrogens is 252 g/mol. The lowest BCUT2D eigenvalue weighted by atomic mass is 10.2. The van der Waals surface area contributed by atoms with E-state index in [1.807, 2.05) is 6.92 Å². The minimum atomic E-state index is -0.331. The molecule has 98 valence electrons. The standard InChI is InChI=1S/C12H16N2O3S/c1-3-14-12(16)8-4-5-9(13)10(6-8)18-7-11(15)17-2/h4-6H,3,7,13H2,1-2H3,(H,14,16). The molecule has 0 bridgehead atoms. The Labute approximate surface area is 110 Å². The molecule has 0 radical (unpaired) electrons. The smallest absolute Gasteiger partial charge is 0.315 e. The largest absolute Gasteiger partial charge is 0.468 e. The molecule has 0 saturated heterocycles. The van der Waals surface area contributed by atoms with Gasteiger partial charge in [-0.05, 0) is 25.1 Å². The second kappa shape index (κ2) is 6.90. The average Bonchev–Trinajstić information content (AvgIpc) is 2.37.